The summed E-state index contributed by atoms with van der Waals surface area (Å²) in [5.41, 5.74) is 3.67. The van der Waals surface area contributed by atoms with Crippen LogP contribution in [0.25, 0.3) is 0 Å². The minimum Gasteiger partial charge on any atom is -0.496 e. The van der Waals surface area contributed by atoms with Crippen molar-refractivity contribution in [1.82, 2.24) is 14.9 Å². The van der Waals surface area contributed by atoms with E-state index >= 15 is 0 Å². The zero-order chi connectivity index (χ0) is 21.7. The van der Waals surface area contributed by atoms with E-state index < -0.39 is 0 Å². The van der Waals surface area contributed by atoms with Gasteiger partial charge in [0.15, 0.2) is 0 Å². The molecule has 0 radical (unpaired) electrons. The van der Waals surface area contributed by atoms with E-state index in [1.54, 1.807) is 14.2 Å². The van der Waals surface area contributed by atoms with E-state index in [0.717, 1.165) is 49.7 Å². The summed E-state index contributed by atoms with van der Waals surface area (Å²) in [6, 6.07) is 14.9. The highest BCUT2D eigenvalue weighted by Crippen LogP contribution is 2.42. The number of benzene rings is 2. The average Bonchev–Trinajstić information content (AvgIpc) is 3.48. The molecule has 1 aliphatic carbocycles. The van der Waals surface area contributed by atoms with Gasteiger partial charge in [0.1, 0.15) is 17.3 Å². The van der Waals surface area contributed by atoms with Gasteiger partial charge in [0, 0.05) is 42.0 Å². The van der Waals surface area contributed by atoms with Crippen LogP contribution in [-0.2, 0) is 25.0 Å². The lowest BCUT2D eigenvalue weighted by Gasteiger charge is -2.32. The van der Waals surface area contributed by atoms with E-state index in [1.807, 2.05) is 18.5 Å². The molecule has 0 aliphatic heterocycles. The van der Waals surface area contributed by atoms with Crippen molar-refractivity contribution in [3.05, 3.63) is 77.4 Å². The Hall–Kier alpha value is -2.50. The van der Waals surface area contributed by atoms with Crippen LogP contribution in [0.2, 0.25) is 0 Å². The molecule has 1 saturated carbocycles. The lowest BCUT2D eigenvalue weighted by molar-refractivity contribution is 0.316. The quantitative estimate of drug-likeness (QED) is 0.463. The fourth-order valence-electron chi connectivity index (χ4n) is 4.88. The Balaban J connectivity index is 0.00000289. The summed E-state index contributed by atoms with van der Waals surface area (Å²) in [7, 11) is 3.50. The van der Waals surface area contributed by atoms with E-state index in [4.69, 9.17) is 9.47 Å². The summed E-state index contributed by atoms with van der Waals surface area (Å²) in [4.78, 5) is 4.45. The van der Waals surface area contributed by atoms with Crippen LogP contribution in [0.1, 0.15) is 55.1 Å². The Labute approximate surface area is 197 Å². The molecule has 1 aliphatic rings. The van der Waals surface area contributed by atoms with Gasteiger partial charge in [0.2, 0.25) is 0 Å². The number of halogens is 1. The number of aromatic nitrogens is 2. The molecule has 6 heteroatoms. The van der Waals surface area contributed by atoms with Crippen LogP contribution in [0.15, 0.2) is 54.9 Å². The number of ether oxygens (including phenoxy) is 2. The molecular weight excluding hydrogens is 422 g/mol. The number of methoxy groups -OCH3 is 2. The highest BCUT2D eigenvalue weighted by atomic mass is 35.5. The first-order chi connectivity index (χ1) is 15.2. The molecule has 2 aromatic carbocycles. The third-order valence-corrected chi connectivity index (χ3v) is 6.51. The van der Waals surface area contributed by atoms with Gasteiger partial charge in [0.25, 0.3) is 0 Å². The van der Waals surface area contributed by atoms with Crippen molar-refractivity contribution >= 4 is 12.4 Å². The average molecular weight is 456 g/mol. The number of hydrogen-bond donors (Lipinski definition) is 1. The molecular formula is C26H34ClN3O2. The van der Waals surface area contributed by atoms with Gasteiger partial charge in [-0.15, -0.1) is 12.4 Å². The van der Waals surface area contributed by atoms with E-state index in [9.17, 15) is 0 Å². The summed E-state index contributed by atoms with van der Waals surface area (Å²) in [6.07, 6.45) is 9.55. The Morgan fingerprint density at radius 3 is 2.50 bits per heavy atom. The minimum atomic E-state index is -0.0353. The van der Waals surface area contributed by atoms with Crippen LogP contribution >= 0.6 is 12.4 Å². The molecule has 1 heterocycles. The maximum atomic E-state index is 5.70. The van der Waals surface area contributed by atoms with Gasteiger partial charge in [-0.1, -0.05) is 44.0 Å². The third-order valence-electron chi connectivity index (χ3n) is 6.51. The zero-order valence-corrected chi connectivity index (χ0v) is 20.1. The smallest absolute Gasteiger partial charge is 0.123 e. The highest BCUT2D eigenvalue weighted by molar-refractivity contribution is 5.85. The first kappa shape index (κ1) is 24.1. The summed E-state index contributed by atoms with van der Waals surface area (Å²) >= 11 is 0. The molecule has 0 unspecified atom stereocenters. The molecule has 1 fully saturated rings. The Morgan fingerprint density at radius 2 is 1.78 bits per heavy atom. The van der Waals surface area contributed by atoms with Crippen LogP contribution in [0, 0.1) is 0 Å². The van der Waals surface area contributed by atoms with Crippen LogP contribution < -0.4 is 14.8 Å². The molecule has 3 aromatic rings. The van der Waals surface area contributed by atoms with Gasteiger partial charge in [0.05, 0.1) is 20.8 Å². The van der Waals surface area contributed by atoms with Gasteiger partial charge in [-0.05, 0) is 36.6 Å². The molecule has 0 spiro atoms. The lowest BCUT2D eigenvalue weighted by atomic mass is 9.87. The molecule has 0 amide bonds. The van der Waals surface area contributed by atoms with Crippen molar-refractivity contribution < 1.29 is 9.47 Å². The van der Waals surface area contributed by atoms with Crippen LogP contribution in [0.5, 0.6) is 11.5 Å². The van der Waals surface area contributed by atoms with E-state index in [0.29, 0.717) is 0 Å². The second-order valence-electron chi connectivity index (χ2n) is 8.31. The molecule has 1 N–H and O–H groups in total. The predicted octanol–water partition coefficient (Wildman–Crippen LogP) is 5.49. The van der Waals surface area contributed by atoms with Gasteiger partial charge < -0.3 is 19.4 Å². The van der Waals surface area contributed by atoms with Crippen LogP contribution in [0.4, 0.5) is 0 Å². The third kappa shape index (κ3) is 4.94. The molecule has 0 atom stereocenters. The lowest BCUT2D eigenvalue weighted by Crippen LogP contribution is -2.39. The van der Waals surface area contributed by atoms with Crippen molar-refractivity contribution in [2.45, 2.75) is 57.7 Å². The van der Waals surface area contributed by atoms with E-state index in [2.05, 4.69) is 58.2 Å². The first-order valence-corrected chi connectivity index (χ1v) is 11.2. The maximum absolute atomic E-state index is 5.70. The van der Waals surface area contributed by atoms with Crippen molar-refractivity contribution in [2.75, 3.05) is 14.2 Å². The molecule has 4 rings (SSSR count). The molecule has 5 nitrogen and oxygen atoms in total. The Morgan fingerprint density at radius 1 is 1.03 bits per heavy atom. The van der Waals surface area contributed by atoms with Crippen LogP contribution in [0.3, 0.4) is 0 Å². The molecule has 0 saturated heterocycles. The number of nitrogens with zero attached hydrogens (tertiary/aromatic N) is 2. The largest absolute Gasteiger partial charge is 0.496 e. The normalized spacial score (nSPS) is 14.7. The molecule has 0 bridgehead atoms. The summed E-state index contributed by atoms with van der Waals surface area (Å²) in [5, 5.41) is 3.91. The molecule has 1 aromatic heterocycles. The van der Waals surface area contributed by atoms with E-state index in [-0.39, 0.29) is 17.9 Å². The molecule has 32 heavy (non-hydrogen) atoms. The van der Waals surface area contributed by atoms with Crippen LogP contribution in [-0.4, -0.2) is 23.8 Å². The highest BCUT2D eigenvalue weighted by Gasteiger charge is 2.37. The summed E-state index contributed by atoms with van der Waals surface area (Å²) in [6.45, 7) is 3.70. The number of rotatable bonds is 9. The van der Waals surface area contributed by atoms with Crippen molar-refractivity contribution in [1.29, 1.82) is 0 Å². The summed E-state index contributed by atoms with van der Waals surface area (Å²) < 4.78 is 13.5. The second kappa shape index (κ2) is 10.9. The van der Waals surface area contributed by atoms with Crippen molar-refractivity contribution in [2.24, 2.45) is 0 Å². The SMILES string of the molecule is CCc1nccn1Cc1cc(CNC2(c3ccccc3OC)CCCC2)ccc1OC.Cl. The fraction of sp³-hybridized carbons (Fsp3) is 0.423. The number of nitrogens with one attached hydrogen (secondary N) is 1. The molecule has 172 valence electrons. The monoisotopic (exact) mass is 455 g/mol. The summed E-state index contributed by atoms with van der Waals surface area (Å²) in [5.74, 6) is 2.98. The zero-order valence-electron chi connectivity index (χ0n) is 19.3. The standard InChI is InChI=1S/C26H33N3O2.ClH/c1-4-25-27-15-16-29(25)19-21-17-20(11-12-23(21)30-2)18-28-26(13-7-8-14-26)22-9-5-6-10-24(22)31-3;/h5-6,9-12,15-17,28H,4,7-8,13-14,18-19H2,1-3H3;1H. The topological polar surface area (TPSA) is 48.3 Å². The number of hydrogen-bond acceptors (Lipinski definition) is 4. The van der Waals surface area contributed by atoms with Gasteiger partial charge >= 0.3 is 0 Å². The minimum absolute atomic E-state index is 0. The predicted molar refractivity (Wildman–Crippen MR) is 131 cm³/mol. The van der Waals surface area contributed by atoms with Gasteiger partial charge in [-0.2, -0.15) is 0 Å². The Bertz CT molecular complexity index is 1010. The first-order valence-electron chi connectivity index (χ1n) is 11.2. The van der Waals surface area contributed by atoms with E-state index in [1.165, 1.54) is 29.5 Å². The van der Waals surface area contributed by atoms with Crippen molar-refractivity contribution in [3.63, 3.8) is 0 Å². The van der Waals surface area contributed by atoms with Gasteiger partial charge in [-0.3, -0.25) is 0 Å². The van der Waals surface area contributed by atoms with Crippen molar-refractivity contribution in [3.8, 4) is 11.5 Å². The second-order valence-corrected chi connectivity index (χ2v) is 8.31. The number of imidazole rings is 1. The Kier molecular flexibility index (Phi) is 8.21. The number of aryl methyl sites for hydroxylation is 1. The fourth-order valence-corrected chi connectivity index (χ4v) is 4.88. The maximum Gasteiger partial charge on any atom is 0.123 e. The van der Waals surface area contributed by atoms with Gasteiger partial charge in [-0.25, -0.2) is 4.98 Å². The number of para-hydroxylation sites is 1.